The van der Waals surface area contributed by atoms with E-state index in [4.69, 9.17) is 9.47 Å². The molecule has 3 rings (SSSR count). The number of carbonyl (C=O) groups is 1. The molecule has 0 aliphatic carbocycles. The summed E-state index contributed by atoms with van der Waals surface area (Å²) in [6.07, 6.45) is 1.76. The Morgan fingerprint density at radius 2 is 1.79 bits per heavy atom. The first-order valence-corrected chi connectivity index (χ1v) is 10.1. The van der Waals surface area contributed by atoms with Gasteiger partial charge in [-0.25, -0.2) is 4.79 Å². The van der Waals surface area contributed by atoms with E-state index in [2.05, 4.69) is 22.3 Å². The van der Waals surface area contributed by atoms with E-state index in [0.29, 0.717) is 18.9 Å². The highest BCUT2D eigenvalue weighted by Gasteiger charge is 2.25. The minimum Gasteiger partial charge on any atom is -0.497 e. The largest absolute Gasteiger partial charge is 0.497 e. The molecule has 0 unspecified atom stereocenters. The van der Waals surface area contributed by atoms with Crippen LogP contribution in [0.15, 0.2) is 48.5 Å². The number of para-hydroxylation sites is 1. The smallest absolute Gasteiger partial charge is 0.404 e. The molecule has 156 valence electrons. The van der Waals surface area contributed by atoms with Crippen molar-refractivity contribution in [1.29, 1.82) is 0 Å². The molecule has 0 spiro atoms. The van der Waals surface area contributed by atoms with Crippen LogP contribution in [-0.4, -0.2) is 56.0 Å². The third kappa shape index (κ3) is 5.87. The fraction of sp³-hybridized carbons (Fsp3) is 0.435. The van der Waals surface area contributed by atoms with Crippen molar-refractivity contribution < 1.29 is 19.4 Å². The maximum absolute atomic E-state index is 11.3. The summed E-state index contributed by atoms with van der Waals surface area (Å²) < 4.78 is 10.7. The van der Waals surface area contributed by atoms with Crippen LogP contribution in [0.5, 0.6) is 11.5 Å². The Kier molecular flexibility index (Phi) is 7.36. The van der Waals surface area contributed by atoms with Gasteiger partial charge in [-0.1, -0.05) is 30.3 Å². The molecule has 0 aromatic heterocycles. The molecule has 29 heavy (non-hydrogen) atoms. The van der Waals surface area contributed by atoms with E-state index in [0.717, 1.165) is 43.0 Å². The Morgan fingerprint density at radius 1 is 1.10 bits per heavy atom. The number of likely N-dealkylation sites (tertiary alicyclic amines) is 1. The van der Waals surface area contributed by atoms with E-state index in [9.17, 15) is 9.90 Å². The van der Waals surface area contributed by atoms with Crippen molar-refractivity contribution in [3.63, 3.8) is 0 Å². The molecule has 1 saturated heterocycles. The lowest BCUT2D eigenvalue weighted by atomic mass is 9.88. The molecule has 2 N–H and O–H groups in total. The van der Waals surface area contributed by atoms with Gasteiger partial charge in [-0.15, -0.1) is 0 Å². The summed E-state index contributed by atoms with van der Waals surface area (Å²) in [4.78, 5) is 13.6. The fourth-order valence-electron chi connectivity index (χ4n) is 4.12. The van der Waals surface area contributed by atoms with Crippen molar-refractivity contribution in [2.45, 2.75) is 31.2 Å². The SMILES string of the molecule is COc1ccc(C[C@H](CN2CCC(c3ccccc3OC)CC2)NC(=O)O)cc1. The van der Waals surface area contributed by atoms with E-state index < -0.39 is 6.09 Å². The van der Waals surface area contributed by atoms with Crippen LogP contribution in [0.1, 0.15) is 29.9 Å². The summed E-state index contributed by atoms with van der Waals surface area (Å²) in [6.45, 7) is 2.60. The third-order valence-electron chi connectivity index (χ3n) is 5.61. The van der Waals surface area contributed by atoms with Gasteiger partial charge >= 0.3 is 6.09 Å². The van der Waals surface area contributed by atoms with Gasteiger partial charge in [0, 0.05) is 12.6 Å². The van der Waals surface area contributed by atoms with Gasteiger partial charge in [0.2, 0.25) is 0 Å². The van der Waals surface area contributed by atoms with Crippen molar-refractivity contribution in [2.24, 2.45) is 0 Å². The Bertz CT molecular complexity index is 786. The van der Waals surface area contributed by atoms with Gasteiger partial charge in [-0.05, 0) is 67.6 Å². The maximum atomic E-state index is 11.3. The number of ether oxygens (including phenoxy) is 2. The first-order valence-electron chi connectivity index (χ1n) is 10.1. The lowest BCUT2D eigenvalue weighted by Crippen LogP contribution is -2.46. The van der Waals surface area contributed by atoms with Crippen LogP contribution in [0.2, 0.25) is 0 Å². The lowest BCUT2D eigenvalue weighted by molar-refractivity contribution is 0.168. The molecule has 0 saturated carbocycles. The molecule has 0 bridgehead atoms. The van der Waals surface area contributed by atoms with E-state index in [1.165, 1.54) is 5.56 Å². The average molecular weight is 399 g/mol. The molecular formula is C23H30N2O4. The Labute approximate surface area is 172 Å². The van der Waals surface area contributed by atoms with Crippen LogP contribution in [0.25, 0.3) is 0 Å². The van der Waals surface area contributed by atoms with Crippen molar-refractivity contribution in [2.75, 3.05) is 33.9 Å². The molecule has 6 heteroatoms. The molecule has 1 aliphatic heterocycles. The lowest BCUT2D eigenvalue weighted by Gasteiger charge is -2.34. The second kappa shape index (κ2) is 10.2. The number of hydrogen-bond acceptors (Lipinski definition) is 4. The van der Waals surface area contributed by atoms with E-state index >= 15 is 0 Å². The average Bonchev–Trinajstić information content (AvgIpc) is 2.74. The number of benzene rings is 2. The zero-order chi connectivity index (χ0) is 20.6. The van der Waals surface area contributed by atoms with Crippen LogP contribution in [0.4, 0.5) is 4.79 Å². The van der Waals surface area contributed by atoms with E-state index in [-0.39, 0.29) is 6.04 Å². The van der Waals surface area contributed by atoms with Crippen molar-refractivity contribution in [1.82, 2.24) is 10.2 Å². The maximum Gasteiger partial charge on any atom is 0.404 e. The van der Waals surface area contributed by atoms with Gasteiger partial charge in [-0.3, -0.25) is 0 Å². The summed E-state index contributed by atoms with van der Waals surface area (Å²) in [5, 5.41) is 11.9. The monoisotopic (exact) mass is 398 g/mol. The Hall–Kier alpha value is -2.73. The number of methoxy groups -OCH3 is 2. The number of amides is 1. The fourth-order valence-corrected chi connectivity index (χ4v) is 4.12. The second-order valence-electron chi connectivity index (χ2n) is 7.52. The van der Waals surface area contributed by atoms with Gasteiger partial charge in [-0.2, -0.15) is 0 Å². The highest BCUT2D eigenvalue weighted by atomic mass is 16.5. The normalized spacial score (nSPS) is 16.2. The second-order valence-corrected chi connectivity index (χ2v) is 7.52. The van der Waals surface area contributed by atoms with Crippen LogP contribution >= 0.6 is 0 Å². The van der Waals surface area contributed by atoms with Gasteiger partial charge in [0.05, 0.1) is 14.2 Å². The minimum atomic E-state index is -0.979. The third-order valence-corrected chi connectivity index (χ3v) is 5.61. The molecule has 1 atom stereocenters. The molecular weight excluding hydrogens is 368 g/mol. The summed E-state index contributed by atoms with van der Waals surface area (Å²) in [6, 6.07) is 15.9. The summed E-state index contributed by atoms with van der Waals surface area (Å²) in [5.74, 6) is 2.24. The molecule has 1 heterocycles. The molecule has 2 aromatic rings. The zero-order valence-corrected chi connectivity index (χ0v) is 17.1. The number of carboxylic acid groups (broad SMARTS) is 1. The number of nitrogens with one attached hydrogen (secondary N) is 1. The zero-order valence-electron chi connectivity index (χ0n) is 17.1. The number of nitrogens with zero attached hydrogens (tertiary/aromatic N) is 1. The van der Waals surface area contributed by atoms with E-state index in [1.807, 2.05) is 36.4 Å². The summed E-state index contributed by atoms with van der Waals surface area (Å²) in [7, 11) is 3.35. The topological polar surface area (TPSA) is 71.0 Å². The van der Waals surface area contributed by atoms with E-state index in [1.54, 1.807) is 14.2 Å². The predicted molar refractivity (Wildman–Crippen MR) is 113 cm³/mol. The molecule has 6 nitrogen and oxygen atoms in total. The summed E-state index contributed by atoms with van der Waals surface area (Å²) >= 11 is 0. The van der Waals surface area contributed by atoms with Crippen molar-refractivity contribution in [3.05, 3.63) is 59.7 Å². The van der Waals surface area contributed by atoms with Gasteiger partial charge in [0.15, 0.2) is 0 Å². The number of hydrogen-bond donors (Lipinski definition) is 2. The van der Waals surface area contributed by atoms with Crippen LogP contribution in [-0.2, 0) is 6.42 Å². The van der Waals surface area contributed by atoms with Crippen LogP contribution in [0.3, 0.4) is 0 Å². The molecule has 0 radical (unpaired) electrons. The quantitative estimate of drug-likeness (QED) is 0.708. The first-order chi connectivity index (χ1) is 14.1. The molecule has 1 amide bonds. The first kappa shape index (κ1) is 21.0. The minimum absolute atomic E-state index is 0.149. The standard InChI is InChI=1S/C23H30N2O4/c1-28-20-9-7-17(8-10-20)15-19(24-23(26)27)16-25-13-11-18(12-14-25)21-5-3-4-6-22(21)29-2/h3-10,18-19,24H,11-16H2,1-2H3,(H,26,27)/t19-/m1/s1. The highest BCUT2D eigenvalue weighted by Crippen LogP contribution is 2.34. The van der Waals surface area contributed by atoms with Crippen LogP contribution in [0, 0.1) is 0 Å². The molecule has 1 fully saturated rings. The molecule has 2 aromatic carbocycles. The van der Waals surface area contributed by atoms with Gasteiger partial charge < -0.3 is 24.8 Å². The van der Waals surface area contributed by atoms with Crippen molar-refractivity contribution >= 4 is 6.09 Å². The van der Waals surface area contributed by atoms with Gasteiger partial charge in [0.25, 0.3) is 0 Å². The number of piperidine rings is 1. The Balaban J connectivity index is 1.58. The summed E-state index contributed by atoms with van der Waals surface area (Å²) in [5.41, 5.74) is 2.36. The predicted octanol–water partition coefficient (Wildman–Crippen LogP) is 3.76. The van der Waals surface area contributed by atoms with Crippen molar-refractivity contribution in [3.8, 4) is 11.5 Å². The highest BCUT2D eigenvalue weighted by molar-refractivity contribution is 5.65. The molecule has 1 aliphatic rings. The van der Waals surface area contributed by atoms with Crippen LogP contribution < -0.4 is 14.8 Å². The Morgan fingerprint density at radius 3 is 2.41 bits per heavy atom. The number of rotatable bonds is 8. The van der Waals surface area contributed by atoms with Gasteiger partial charge in [0.1, 0.15) is 11.5 Å².